The fraction of sp³-hybridized carbons (Fsp3) is 0.667. The summed E-state index contributed by atoms with van der Waals surface area (Å²) >= 11 is 0. The smallest absolute Gasteiger partial charge is 0.247 e. The normalized spacial score (nSPS) is 21.8. The van der Waals surface area contributed by atoms with E-state index in [0.717, 1.165) is 25.9 Å². The second-order valence-corrected chi connectivity index (χ2v) is 4.55. The molecule has 0 bridgehead atoms. The van der Waals surface area contributed by atoms with Crippen LogP contribution in [-0.4, -0.2) is 46.8 Å². The van der Waals surface area contributed by atoms with E-state index in [0.29, 0.717) is 6.04 Å². The highest BCUT2D eigenvalue weighted by Crippen LogP contribution is 2.20. The van der Waals surface area contributed by atoms with Gasteiger partial charge in [0.2, 0.25) is 5.91 Å². The molecule has 0 spiro atoms. The molecular formula is C12H20N4O. The molecular weight excluding hydrogens is 216 g/mol. The standard InChI is InChI=1S/C12H20N4O/c1-10(16-8-4-6-14-16)12(17)15-7-3-5-11(15)9-13-2/h4,6,8,10-11,13H,3,5,7,9H2,1-2H3. The van der Waals surface area contributed by atoms with Gasteiger partial charge in [0, 0.05) is 31.5 Å². The van der Waals surface area contributed by atoms with E-state index in [2.05, 4.69) is 10.4 Å². The molecule has 2 rings (SSSR count). The van der Waals surface area contributed by atoms with Crippen molar-refractivity contribution in [1.29, 1.82) is 0 Å². The molecule has 1 aliphatic heterocycles. The van der Waals surface area contributed by atoms with Crippen LogP contribution in [0.25, 0.3) is 0 Å². The Morgan fingerprint density at radius 2 is 2.47 bits per heavy atom. The molecule has 2 heterocycles. The van der Waals surface area contributed by atoms with Crippen LogP contribution in [0.5, 0.6) is 0 Å². The van der Waals surface area contributed by atoms with E-state index in [1.54, 1.807) is 10.9 Å². The number of carbonyl (C=O) groups is 1. The van der Waals surface area contributed by atoms with Crippen LogP contribution in [0.4, 0.5) is 0 Å². The predicted octanol–water partition coefficient (Wildman–Crippen LogP) is 0.654. The average Bonchev–Trinajstić information content (AvgIpc) is 2.98. The summed E-state index contributed by atoms with van der Waals surface area (Å²) in [6, 6.07) is 1.98. The van der Waals surface area contributed by atoms with Crippen LogP contribution in [-0.2, 0) is 4.79 Å². The minimum atomic E-state index is -0.206. The van der Waals surface area contributed by atoms with Crippen molar-refractivity contribution in [1.82, 2.24) is 20.0 Å². The first-order valence-electron chi connectivity index (χ1n) is 6.18. The molecule has 2 atom stereocenters. The molecule has 1 aromatic rings. The van der Waals surface area contributed by atoms with Crippen molar-refractivity contribution in [2.24, 2.45) is 0 Å². The Bertz CT molecular complexity index is 363. The molecule has 1 N–H and O–H groups in total. The summed E-state index contributed by atoms with van der Waals surface area (Å²) in [5, 5.41) is 7.29. The van der Waals surface area contributed by atoms with Gasteiger partial charge in [-0.1, -0.05) is 0 Å². The molecule has 2 unspecified atom stereocenters. The molecule has 94 valence electrons. The quantitative estimate of drug-likeness (QED) is 0.835. The van der Waals surface area contributed by atoms with E-state index in [4.69, 9.17) is 0 Å². The van der Waals surface area contributed by atoms with Crippen LogP contribution < -0.4 is 5.32 Å². The Morgan fingerprint density at radius 1 is 1.65 bits per heavy atom. The van der Waals surface area contributed by atoms with Crippen molar-refractivity contribution in [2.75, 3.05) is 20.1 Å². The number of amides is 1. The number of nitrogens with zero attached hydrogens (tertiary/aromatic N) is 3. The van der Waals surface area contributed by atoms with Crippen LogP contribution in [0.1, 0.15) is 25.8 Å². The van der Waals surface area contributed by atoms with E-state index < -0.39 is 0 Å². The van der Waals surface area contributed by atoms with Crippen molar-refractivity contribution >= 4 is 5.91 Å². The van der Waals surface area contributed by atoms with Gasteiger partial charge in [0.15, 0.2) is 0 Å². The van der Waals surface area contributed by atoms with E-state index in [9.17, 15) is 4.79 Å². The minimum Gasteiger partial charge on any atom is -0.337 e. The van der Waals surface area contributed by atoms with Gasteiger partial charge in [0.25, 0.3) is 0 Å². The van der Waals surface area contributed by atoms with Crippen LogP contribution in [0.3, 0.4) is 0 Å². The fourth-order valence-electron chi connectivity index (χ4n) is 2.44. The third kappa shape index (κ3) is 2.49. The van der Waals surface area contributed by atoms with Gasteiger partial charge in [-0.3, -0.25) is 9.48 Å². The number of likely N-dealkylation sites (tertiary alicyclic amines) is 1. The van der Waals surface area contributed by atoms with E-state index in [1.807, 2.05) is 31.1 Å². The molecule has 0 radical (unpaired) electrons. The van der Waals surface area contributed by atoms with E-state index in [-0.39, 0.29) is 11.9 Å². The van der Waals surface area contributed by atoms with Crippen molar-refractivity contribution < 1.29 is 4.79 Å². The molecule has 0 aliphatic carbocycles. The maximum Gasteiger partial charge on any atom is 0.247 e. The van der Waals surface area contributed by atoms with Gasteiger partial charge >= 0.3 is 0 Å². The van der Waals surface area contributed by atoms with Crippen molar-refractivity contribution in [3.63, 3.8) is 0 Å². The highest BCUT2D eigenvalue weighted by molar-refractivity contribution is 5.80. The molecule has 0 aromatic carbocycles. The summed E-state index contributed by atoms with van der Waals surface area (Å²) < 4.78 is 1.72. The third-order valence-electron chi connectivity index (χ3n) is 3.38. The second kappa shape index (κ2) is 5.31. The van der Waals surface area contributed by atoms with Gasteiger partial charge in [-0.25, -0.2) is 0 Å². The highest BCUT2D eigenvalue weighted by Gasteiger charge is 2.31. The summed E-state index contributed by atoms with van der Waals surface area (Å²) in [6.45, 7) is 3.65. The first-order valence-corrected chi connectivity index (χ1v) is 6.18. The van der Waals surface area contributed by atoms with Crippen LogP contribution in [0.2, 0.25) is 0 Å². The Morgan fingerprint density at radius 3 is 3.12 bits per heavy atom. The number of nitrogens with one attached hydrogen (secondary N) is 1. The molecule has 17 heavy (non-hydrogen) atoms. The van der Waals surface area contributed by atoms with Crippen LogP contribution in [0, 0.1) is 0 Å². The number of likely N-dealkylation sites (N-methyl/N-ethyl adjacent to an activating group) is 1. The van der Waals surface area contributed by atoms with E-state index in [1.165, 1.54) is 0 Å². The molecule has 1 amide bonds. The Hall–Kier alpha value is -1.36. The van der Waals surface area contributed by atoms with Crippen LogP contribution >= 0.6 is 0 Å². The molecule has 5 heteroatoms. The number of hydrogen-bond donors (Lipinski definition) is 1. The number of hydrogen-bond acceptors (Lipinski definition) is 3. The van der Waals surface area contributed by atoms with Gasteiger partial charge < -0.3 is 10.2 Å². The Kier molecular flexibility index (Phi) is 3.78. The van der Waals surface area contributed by atoms with Gasteiger partial charge in [-0.15, -0.1) is 0 Å². The largest absolute Gasteiger partial charge is 0.337 e. The lowest BCUT2D eigenvalue weighted by Gasteiger charge is -2.27. The molecule has 5 nitrogen and oxygen atoms in total. The van der Waals surface area contributed by atoms with Gasteiger partial charge in [-0.05, 0) is 32.9 Å². The fourth-order valence-corrected chi connectivity index (χ4v) is 2.44. The summed E-state index contributed by atoms with van der Waals surface area (Å²) in [4.78, 5) is 14.4. The zero-order valence-corrected chi connectivity index (χ0v) is 10.5. The number of rotatable bonds is 4. The maximum atomic E-state index is 12.4. The molecule has 1 fully saturated rings. The maximum absolute atomic E-state index is 12.4. The second-order valence-electron chi connectivity index (χ2n) is 4.55. The Labute approximate surface area is 102 Å². The minimum absolute atomic E-state index is 0.173. The summed E-state index contributed by atoms with van der Waals surface area (Å²) in [7, 11) is 1.93. The highest BCUT2D eigenvalue weighted by atomic mass is 16.2. The lowest BCUT2D eigenvalue weighted by molar-refractivity contribution is -0.135. The topological polar surface area (TPSA) is 50.2 Å². The zero-order valence-electron chi connectivity index (χ0n) is 10.5. The van der Waals surface area contributed by atoms with Gasteiger partial charge in [0.1, 0.15) is 6.04 Å². The molecule has 1 saturated heterocycles. The molecule has 0 saturated carbocycles. The first kappa shape index (κ1) is 12.1. The average molecular weight is 236 g/mol. The predicted molar refractivity (Wildman–Crippen MR) is 65.6 cm³/mol. The summed E-state index contributed by atoms with van der Waals surface area (Å²) in [5.41, 5.74) is 0. The van der Waals surface area contributed by atoms with Crippen LogP contribution in [0.15, 0.2) is 18.5 Å². The summed E-state index contributed by atoms with van der Waals surface area (Å²) in [6.07, 6.45) is 5.74. The van der Waals surface area contributed by atoms with Crippen molar-refractivity contribution in [3.8, 4) is 0 Å². The van der Waals surface area contributed by atoms with Gasteiger partial charge in [-0.2, -0.15) is 5.10 Å². The Balaban J connectivity index is 2.04. The first-order chi connectivity index (χ1) is 8.24. The third-order valence-corrected chi connectivity index (χ3v) is 3.38. The van der Waals surface area contributed by atoms with Gasteiger partial charge in [0.05, 0.1) is 0 Å². The molecule has 1 aliphatic rings. The number of aromatic nitrogens is 2. The zero-order chi connectivity index (χ0) is 12.3. The number of carbonyl (C=O) groups excluding carboxylic acids is 1. The lowest BCUT2D eigenvalue weighted by Crippen LogP contribution is -2.43. The van der Waals surface area contributed by atoms with Crippen molar-refractivity contribution in [3.05, 3.63) is 18.5 Å². The van der Waals surface area contributed by atoms with E-state index >= 15 is 0 Å². The SMILES string of the molecule is CNCC1CCCN1C(=O)C(C)n1cccn1. The van der Waals surface area contributed by atoms with Crippen molar-refractivity contribution in [2.45, 2.75) is 31.8 Å². The molecule has 1 aromatic heterocycles. The summed E-state index contributed by atoms with van der Waals surface area (Å²) in [5.74, 6) is 0.173. The lowest BCUT2D eigenvalue weighted by atomic mass is 10.2. The monoisotopic (exact) mass is 236 g/mol.